The molecule has 8 rings (SSSR count). The quantitative estimate of drug-likeness (QED) is 0.174. The van der Waals surface area contributed by atoms with Crippen molar-refractivity contribution in [1.82, 2.24) is 0 Å². The molecule has 0 fully saturated rings. The SMILES string of the molecule is CC(C)(C)c1cc(-c2cccc(-c3ccccc3)c2)ccc1N(c1ccc(-c2ccccc2)cc1)c1ccc2c(c1)C(C)(C)c1ccccc1-2. The summed E-state index contributed by atoms with van der Waals surface area (Å²) in [6, 6.07) is 62.3. The second kappa shape index (κ2) is 12.3. The number of rotatable bonds is 6. The predicted octanol–water partition coefficient (Wildman–Crippen LogP) is 13.8. The minimum absolute atomic E-state index is 0.0920. The van der Waals surface area contributed by atoms with Crippen LogP contribution in [0, 0.1) is 0 Å². The highest BCUT2D eigenvalue weighted by atomic mass is 15.1. The molecule has 0 saturated carbocycles. The Morgan fingerprint density at radius 3 is 1.58 bits per heavy atom. The summed E-state index contributed by atoms with van der Waals surface area (Å²) < 4.78 is 0. The van der Waals surface area contributed by atoms with Crippen molar-refractivity contribution < 1.29 is 0 Å². The van der Waals surface area contributed by atoms with Crippen LogP contribution in [0.25, 0.3) is 44.5 Å². The number of hydrogen-bond donors (Lipinski definition) is 0. The van der Waals surface area contributed by atoms with Crippen LogP contribution in [-0.2, 0) is 10.8 Å². The second-order valence-electron chi connectivity index (χ2n) is 15.1. The van der Waals surface area contributed by atoms with Crippen LogP contribution in [-0.4, -0.2) is 0 Å². The molecule has 244 valence electrons. The van der Waals surface area contributed by atoms with Gasteiger partial charge in [0.1, 0.15) is 0 Å². The maximum Gasteiger partial charge on any atom is 0.0499 e. The highest BCUT2D eigenvalue weighted by Gasteiger charge is 2.36. The molecule has 0 heterocycles. The van der Waals surface area contributed by atoms with Gasteiger partial charge in [-0.25, -0.2) is 0 Å². The van der Waals surface area contributed by atoms with Crippen molar-refractivity contribution in [1.29, 1.82) is 0 Å². The second-order valence-corrected chi connectivity index (χ2v) is 15.1. The van der Waals surface area contributed by atoms with Crippen LogP contribution >= 0.6 is 0 Å². The van der Waals surface area contributed by atoms with Crippen LogP contribution in [0.3, 0.4) is 0 Å². The summed E-state index contributed by atoms with van der Waals surface area (Å²) in [7, 11) is 0. The first kappa shape index (κ1) is 31.6. The van der Waals surface area contributed by atoms with Gasteiger partial charge in [0.25, 0.3) is 0 Å². The maximum atomic E-state index is 2.47. The Hall–Kier alpha value is -5.66. The molecule has 0 spiro atoms. The van der Waals surface area contributed by atoms with Crippen LogP contribution in [0.2, 0.25) is 0 Å². The molecule has 0 unspecified atom stereocenters. The van der Waals surface area contributed by atoms with E-state index in [2.05, 4.69) is 209 Å². The van der Waals surface area contributed by atoms with Gasteiger partial charge in [-0.15, -0.1) is 0 Å². The van der Waals surface area contributed by atoms with Gasteiger partial charge in [0.2, 0.25) is 0 Å². The number of anilines is 3. The van der Waals surface area contributed by atoms with E-state index in [9.17, 15) is 0 Å². The first-order chi connectivity index (χ1) is 24.2. The van der Waals surface area contributed by atoms with E-state index >= 15 is 0 Å². The van der Waals surface area contributed by atoms with E-state index in [0.29, 0.717) is 0 Å². The monoisotopic (exact) mass is 645 g/mol. The van der Waals surface area contributed by atoms with Crippen LogP contribution in [0.15, 0.2) is 170 Å². The van der Waals surface area contributed by atoms with Crippen molar-refractivity contribution in [3.63, 3.8) is 0 Å². The number of nitrogens with zero attached hydrogens (tertiary/aromatic N) is 1. The summed E-state index contributed by atoms with van der Waals surface area (Å²) >= 11 is 0. The van der Waals surface area contributed by atoms with E-state index in [4.69, 9.17) is 0 Å². The van der Waals surface area contributed by atoms with Crippen molar-refractivity contribution in [2.45, 2.75) is 45.4 Å². The van der Waals surface area contributed by atoms with Crippen LogP contribution in [0.4, 0.5) is 17.1 Å². The Balaban J connectivity index is 1.29. The van der Waals surface area contributed by atoms with Crippen molar-refractivity contribution in [2.75, 3.05) is 4.90 Å². The molecular weight excluding hydrogens is 603 g/mol. The lowest BCUT2D eigenvalue weighted by Crippen LogP contribution is -2.20. The molecule has 0 atom stereocenters. The molecule has 7 aromatic rings. The van der Waals surface area contributed by atoms with Gasteiger partial charge in [-0.2, -0.15) is 0 Å². The van der Waals surface area contributed by atoms with E-state index in [1.807, 2.05) is 0 Å². The summed E-state index contributed by atoms with van der Waals surface area (Å²) in [5.74, 6) is 0. The summed E-state index contributed by atoms with van der Waals surface area (Å²) in [6.07, 6.45) is 0. The van der Waals surface area contributed by atoms with E-state index in [1.165, 1.54) is 72.6 Å². The van der Waals surface area contributed by atoms with Gasteiger partial charge in [-0.3, -0.25) is 0 Å². The molecule has 0 saturated heterocycles. The minimum atomic E-state index is -0.114. The number of benzene rings is 7. The summed E-state index contributed by atoms with van der Waals surface area (Å²) in [5, 5.41) is 0. The molecule has 0 aromatic heterocycles. The van der Waals surface area contributed by atoms with Crippen molar-refractivity contribution >= 4 is 17.1 Å². The molecule has 1 aliphatic rings. The Bertz CT molecular complexity index is 2310. The third-order valence-electron chi connectivity index (χ3n) is 10.4. The fourth-order valence-electron chi connectivity index (χ4n) is 7.71. The van der Waals surface area contributed by atoms with Crippen LogP contribution in [0.1, 0.15) is 51.3 Å². The van der Waals surface area contributed by atoms with Gasteiger partial charge in [0, 0.05) is 22.5 Å². The van der Waals surface area contributed by atoms with Gasteiger partial charge in [0.15, 0.2) is 0 Å². The van der Waals surface area contributed by atoms with Gasteiger partial charge in [0.05, 0.1) is 0 Å². The summed E-state index contributed by atoms with van der Waals surface area (Å²) in [6.45, 7) is 11.7. The van der Waals surface area contributed by atoms with Gasteiger partial charge >= 0.3 is 0 Å². The highest BCUT2D eigenvalue weighted by Crippen LogP contribution is 2.51. The first-order valence-electron chi connectivity index (χ1n) is 17.7. The predicted molar refractivity (Wildman–Crippen MR) is 214 cm³/mol. The molecular formula is C49H43N. The Morgan fingerprint density at radius 2 is 0.900 bits per heavy atom. The van der Waals surface area contributed by atoms with Crippen LogP contribution < -0.4 is 4.90 Å². The fourth-order valence-corrected chi connectivity index (χ4v) is 7.71. The van der Waals surface area contributed by atoms with Crippen LogP contribution in [0.5, 0.6) is 0 Å². The Kier molecular flexibility index (Phi) is 7.80. The molecule has 0 N–H and O–H groups in total. The largest absolute Gasteiger partial charge is 0.310 e. The highest BCUT2D eigenvalue weighted by molar-refractivity contribution is 5.87. The smallest absolute Gasteiger partial charge is 0.0499 e. The normalized spacial score (nSPS) is 13.1. The van der Waals surface area contributed by atoms with E-state index in [0.717, 1.165) is 5.69 Å². The van der Waals surface area contributed by atoms with E-state index < -0.39 is 0 Å². The topological polar surface area (TPSA) is 3.24 Å². The number of hydrogen-bond acceptors (Lipinski definition) is 1. The zero-order valence-electron chi connectivity index (χ0n) is 29.6. The van der Waals surface area contributed by atoms with Gasteiger partial charge < -0.3 is 4.90 Å². The molecule has 50 heavy (non-hydrogen) atoms. The minimum Gasteiger partial charge on any atom is -0.310 e. The summed E-state index contributed by atoms with van der Waals surface area (Å²) in [4.78, 5) is 2.47. The lowest BCUT2D eigenvalue weighted by molar-refractivity contribution is 0.591. The first-order valence-corrected chi connectivity index (χ1v) is 17.7. The molecule has 0 amide bonds. The van der Waals surface area contributed by atoms with Crippen molar-refractivity contribution in [3.05, 3.63) is 187 Å². The number of fused-ring (bicyclic) bond motifs is 3. The molecule has 0 aliphatic heterocycles. The molecule has 1 heteroatoms. The van der Waals surface area contributed by atoms with Crippen molar-refractivity contribution in [2.24, 2.45) is 0 Å². The Morgan fingerprint density at radius 1 is 0.400 bits per heavy atom. The standard InChI is InChI=1S/C49H43N/c1-48(2,3)46-32-39(38-20-14-19-37(31-38)35-17-10-7-11-18-35)25-30-47(46)50(40-26-23-36(24-27-40)34-15-8-6-9-16-34)41-28-29-43-42-21-12-13-22-44(42)49(4,5)45(43)33-41/h6-33H,1-5H3. The van der Waals surface area contributed by atoms with Crippen molar-refractivity contribution in [3.8, 4) is 44.5 Å². The lowest BCUT2D eigenvalue weighted by Gasteiger charge is -2.33. The zero-order chi connectivity index (χ0) is 34.5. The Labute approximate surface area is 297 Å². The molecule has 0 radical (unpaired) electrons. The van der Waals surface area contributed by atoms with Gasteiger partial charge in [-0.05, 0) is 109 Å². The average Bonchev–Trinajstić information content (AvgIpc) is 3.38. The third-order valence-corrected chi connectivity index (χ3v) is 10.4. The lowest BCUT2D eigenvalue weighted by atomic mass is 9.82. The third kappa shape index (κ3) is 5.63. The maximum absolute atomic E-state index is 2.47. The van der Waals surface area contributed by atoms with E-state index in [-0.39, 0.29) is 10.8 Å². The molecule has 1 aliphatic carbocycles. The van der Waals surface area contributed by atoms with Gasteiger partial charge in [-0.1, -0.05) is 162 Å². The summed E-state index contributed by atoms with van der Waals surface area (Å²) in [5.41, 5.74) is 17.4. The molecule has 0 bridgehead atoms. The molecule has 7 aromatic carbocycles. The molecule has 1 nitrogen and oxygen atoms in total. The average molecular weight is 646 g/mol. The van der Waals surface area contributed by atoms with E-state index in [1.54, 1.807) is 0 Å². The zero-order valence-corrected chi connectivity index (χ0v) is 29.6. The fraction of sp³-hybridized carbons (Fsp3) is 0.143.